The number of anilines is 1. The van der Waals surface area contributed by atoms with Crippen molar-refractivity contribution in [3.63, 3.8) is 0 Å². The minimum Gasteiger partial charge on any atom is -1.00 e. The molecule has 0 aliphatic heterocycles. The molecule has 0 fully saturated rings. The Labute approximate surface area is 229 Å². The van der Waals surface area contributed by atoms with Gasteiger partial charge in [-0.2, -0.15) is 4.57 Å². The van der Waals surface area contributed by atoms with Crippen molar-refractivity contribution in [3.8, 4) is 22.4 Å². The van der Waals surface area contributed by atoms with Crippen LogP contribution in [0.1, 0.15) is 22.4 Å². The fraction of sp³-hybridized carbons (Fsp3) is 0.167. The molecule has 0 saturated carbocycles. The molecular formula is C30H30BrIN2. The molecule has 4 aromatic rings. The summed E-state index contributed by atoms with van der Waals surface area (Å²) in [6.07, 6.45) is 4.39. The molecule has 0 aliphatic rings. The molecule has 0 saturated heterocycles. The van der Waals surface area contributed by atoms with Crippen LogP contribution in [0.3, 0.4) is 0 Å². The second-order valence-electron chi connectivity index (χ2n) is 8.76. The third-order valence-electron chi connectivity index (χ3n) is 6.04. The van der Waals surface area contributed by atoms with Gasteiger partial charge in [0.05, 0.1) is 0 Å². The van der Waals surface area contributed by atoms with Gasteiger partial charge in [0.15, 0.2) is 0 Å². The van der Waals surface area contributed by atoms with Gasteiger partial charge in [-0.3, -0.25) is 0 Å². The average Bonchev–Trinajstić information content (AvgIpc) is 2.79. The van der Waals surface area contributed by atoms with Gasteiger partial charge >= 0.3 is 0 Å². The molecule has 0 amide bonds. The number of hydrogen-bond acceptors (Lipinski definition) is 1. The molecule has 2 nitrogen and oxygen atoms in total. The third kappa shape index (κ3) is 5.97. The maximum Gasteiger partial charge on any atom is 0.213 e. The van der Waals surface area contributed by atoms with E-state index >= 15 is 0 Å². The van der Waals surface area contributed by atoms with E-state index in [1.807, 2.05) is 0 Å². The first-order valence-corrected chi connectivity index (χ1v) is 11.9. The Morgan fingerprint density at radius 1 is 0.765 bits per heavy atom. The summed E-state index contributed by atoms with van der Waals surface area (Å²) in [5, 5.41) is 0. The zero-order valence-electron chi connectivity index (χ0n) is 20.3. The summed E-state index contributed by atoms with van der Waals surface area (Å²) in [4.78, 5) is 2.12. The van der Waals surface area contributed by atoms with E-state index in [-0.39, 0.29) is 24.0 Å². The lowest BCUT2D eigenvalue weighted by Gasteiger charge is -2.12. The summed E-state index contributed by atoms with van der Waals surface area (Å²) < 4.78 is 3.37. The van der Waals surface area contributed by atoms with E-state index in [2.05, 4.69) is 151 Å². The van der Waals surface area contributed by atoms with Crippen molar-refractivity contribution in [3.05, 3.63) is 106 Å². The Kier molecular flexibility index (Phi) is 8.72. The molecule has 1 heterocycles. The van der Waals surface area contributed by atoms with E-state index in [9.17, 15) is 0 Å². The molecule has 4 rings (SSSR count). The molecule has 3 aromatic carbocycles. The summed E-state index contributed by atoms with van der Waals surface area (Å²) in [7, 11) is 6.27. The number of pyridine rings is 1. The van der Waals surface area contributed by atoms with Crippen LogP contribution < -0.4 is 33.4 Å². The van der Waals surface area contributed by atoms with E-state index < -0.39 is 0 Å². The Bertz CT molecular complexity index is 1310. The molecule has 4 heteroatoms. The van der Waals surface area contributed by atoms with E-state index in [1.54, 1.807) is 0 Å². The van der Waals surface area contributed by atoms with Gasteiger partial charge in [0, 0.05) is 48.0 Å². The summed E-state index contributed by atoms with van der Waals surface area (Å²) >= 11 is 3.56. The van der Waals surface area contributed by atoms with Crippen LogP contribution in [0.4, 0.5) is 5.69 Å². The number of aromatic nitrogens is 1. The minimum absolute atomic E-state index is 0. The molecule has 34 heavy (non-hydrogen) atoms. The van der Waals surface area contributed by atoms with Crippen molar-refractivity contribution in [2.45, 2.75) is 13.8 Å². The Morgan fingerprint density at radius 3 is 2.06 bits per heavy atom. The monoisotopic (exact) mass is 624 g/mol. The smallest absolute Gasteiger partial charge is 0.213 e. The van der Waals surface area contributed by atoms with Gasteiger partial charge in [-0.15, -0.1) is 0 Å². The van der Waals surface area contributed by atoms with Crippen LogP contribution in [-0.4, -0.2) is 14.1 Å². The van der Waals surface area contributed by atoms with Gasteiger partial charge in [-0.05, 0) is 72.5 Å². The lowest BCUT2D eigenvalue weighted by Crippen LogP contribution is -3.00. The van der Waals surface area contributed by atoms with Gasteiger partial charge in [0.1, 0.15) is 7.05 Å². The molecule has 0 atom stereocenters. The summed E-state index contributed by atoms with van der Waals surface area (Å²) in [5.41, 5.74) is 11.0. The maximum absolute atomic E-state index is 3.56. The standard InChI is InChI=1S/C30H30BrN2.HI/c1-21-6-17-29(22(2)18-21)30-20-25(24-10-12-26(31)13-11-24)19-28(33(30)5)16-9-23-7-14-27(15-8-23)32(3)4;/h6-20H,1-5H3;1H/q+1;/p-1. The quantitative estimate of drug-likeness (QED) is 0.235. The highest BCUT2D eigenvalue weighted by atomic mass is 127. The number of benzene rings is 3. The first-order valence-electron chi connectivity index (χ1n) is 11.1. The first kappa shape index (κ1) is 26.2. The minimum atomic E-state index is 0. The largest absolute Gasteiger partial charge is 1.00 e. The Balaban J connectivity index is 0.00000324. The van der Waals surface area contributed by atoms with E-state index in [0.717, 1.165) is 10.2 Å². The molecule has 0 unspecified atom stereocenters. The van der Waals surface area contributed by atoms with Crippen molar-refractivity contribution in [1.82, 2.24) is 0 Å². The van der Waals surface area contributed by atoms with Gasteiger partial charge in [-0.1, -0.05) is 57.9 Å². The number of nitrogens with zero attached hydrogens (tertiary/aromatic N) is 2. The second-order valence-corrected chi connectivity index (χ2v) is 9.67. The molecule has 0 spiro atoms. The van der Waals surface area contributed by atoms with Gasteiger partial charge < -0.3 is 28.9 Å². The number of halogens is 2. The molecule has 0 bridgehead atoms. The highest BCUT2D eigenvalue weighted by Crippen LogP contribution is 2.29. The van der Waals surface area contributed by atoms with Crippen molar-refractivity contribution in [2.24, 2.45) is 7.05 Å². The number of rotatable bonds is 5. The summed E-state index contributed by atoms with van der Waals surface area (Å²) in [6.45, 7) is 4.33. The molecule has 1 aromatic heterocycles. The van der Waals surface area contributed by atoms with Gasteiger partial charge in [0.25, 0.3) is 0 Å². The molecule has 0 aliphatic carbocycles. The predicted molar refractivity (Wildman–Crippen MR) is 145 cm³/mol. The Hall–Kier alpha value is -2.44. The van der Waals surface area contributed by atoms with Crippen LogP contribution in [0.2, 0.25) is 0 Å². The predicted octanol–water partition coefficient (Wildman–Crippen LogP) is 4.46. The molecule has 0 N–H and O–H groups in total. The molecule has 174 valence electrons. The highest BCUT2D eigenvalue weighted by Gasteiger charge is 2.18. The van der Waals surface area contributed by atoms with Gasteiger partial charge in [0.2, 0.25) is 11.4 Å². The Morgan fingerprint density at radius 2 is 1.44 bits per heavy atom. The van der Waals surface area contributed by atoms with Crippen molar-refractivity contribution >= 4 is 33.8 Å². The van der Waals surface area contributed by atoms with Crippen molar-refractivity contribution in [2.75, 3.05) is 19.0 Å². The zero-order chi connectivity index (χ0) is 23.5. The topological polar surface area (TPSA) is 7.12 Å². The zero-order valence-corrected chi connectivity index (χ0v) is 24.1. The van der Waals surface area contributed by atoms with Crippen LogP contribution in [-0.2, 0) is 7.05 Å². The molecule has 0 radical (unpaired) electrons. The van der Waals surface area contributed by atoms with E-state index in [0.29, 0.717) is 0 Å². The average molecular weight is 625 g/mol. The number of hydrogen-bond donors (Lipinski definition) is 0. The second kappa shape index (κ2) is 11.3. The molecular weight excluding hydrogens is 595 g/mol. The lowest BCUT2D eigenvalue weighted by atomic mass is 9.98. The normalized spacial score (nSPS) is 10.9. The number of aryl methyl sites for hydroxylation is 2. The van der Waals surface area contributed by atoms with Crippen LogP contribution in [0.5, 0.6) is 0 Å². The fourth-order valence-electron chi connectivity index (χ4n) is 4.07. The van der Waals surface area contributed by atoms with Crippen molar-refractivity contribution in [1.29, 1.82) is 0 Å². The van der Waals surface area contributed by atoms with Crippen LogP contribution in [0.15, 0.2) is 83.3 Å². The van der Waals surface area contributed by atoms with Crippen LogP contribution in [0.25, 0.3) is 34.5 Å². The van der Waals surface area contributed by atoms with Gasteiger partial charge in [-0.25, -0.2) is 0 Å². The lowest BCUT2D eigenvalue weighted by molar-refractivity contribution is -0.662. The fourth-order valence-corrected chi connectivity index (χ4v) is 4.34. The first-order chi connectivity index (χ1) is 15.8. The van der Waals surface area contributed by atoms with E-state index in [1.165, 1.54) is 44.8 Å². The van der Waals surface area contributed by atoms with Crippen molar-refractivity contribution < 1.29 is 28.5 Å². The SMILES string of the molecule is Cc1ccc(-c2cc(-c3ccc(Br)cc3)cc(C=Cc3ccc(N(C)C)cc3)[n+]2C)c(C)c1.[I-]. The summed E-state index contributed by atoms with van der Waals surface area (Å²) in [6, 6.07) is 28.4. The highest BCUT2D eigenvalue weighted by molar-refractivity contribution is 9.10. The third-order valence-corrected chi connectivity index (χ3v) is 6.56. The van der Waals surface area contributed by atoms with Crippen LogP contribution >= 0.6 is 15.9 Å². The van der Waals surface area contributed by atoms with E-state index in [4.69, 9.17) is 0 Å². The maximum atomic E-state index is 3.56. The van der Waals surface area contributed by atoms with Crippen LogP contribution in [0, 0.1) is 13.8 Å². The summed E-state index contributed by atoms with van der Waals surface area (Å²) in [5.74, 6) is 0.